The Morgan fingerprint density at radius 3 is 2.35 bits per heavy atom. The van der Waals surface area contributed by atoms with E-state index in [0.717, 1.165) is 28.9 Å². The molecule has 8 nitrogen and oxygen atoms in total. The van der Waals surface area contributed by atoms with Crippen LogP contribution in [0.3, 0.4) is 0 Å². The van der Waals surface area contributed by atoms with E-state index in [1.807, 2.05) is 60.7 Å². The van der Waals surface area contributed by atoms with Crippen LogP contribution >= 0.6 is 0 Å². The Labute approximate surface area is 234 Å². The second-order valence-electron chi connectivity index (χ2n) is 10.1. The van der Waals surface area contributed by atoms with Crippen LogP contribution in [-0.2, 0) is 30.8 Å². The minimum absolute atomic E-state index is 0.217. The summed E-state index contributed by atoms with van der Waals surface area (Å²) in [5, 5.41) is 7.80. The van der Waals surface area contributed by atoms with Crippen LogP contribution in [0.2, 0.25) is 0 Å². The number of carbonyl (C=O) groups is 2. The summed E-state index contributed by atoms with van der Waals surface area (Å²) in [7, 11) is 3.22. The highest BCUT2D eigenvalue weighted by atomic mass is 16.5. The summed E-state index contributed by atoms with van der Waals surface area (Å²) in [5.41, 5.74) is 3.82. The van der Waals surface area contributed by atoms with Gasteiger partial charge in [-0.3, -0.25) is 14.3 Å². The van der Waals surface area contributed by atoms with E-state index >= 15 is 0 Å². The van der Waals surface area contributed by atoms with Gasteiger partial charge in [0.05, 0.1) is 26.5 Å². The van der Waals surface area contributed by atoms with Gasteiger partial charge in [-0.25, -0.2) is 0 Å². The van der Waals surface area contributed by atoms with E-state index in [1.54, 1.807) is 36.8 Å². The van der Waals surface area contributed by atoms with Crippen LogP contribution in [0.5, 0.6) is 11.5 Å². The molecule has 0 unspecified atom stereocenters. The van der Waals surface area contributed by atoms with Crippen molar-refractivity contribution in [3.8, 4) is 22.8 Å². The van der Waals surface area contributed by atoms with E-state index in [4.69, 9.17) is 14.6 Å². The standard InChI is InChI=1S/C32H34N4O4/c1-5-22-10-12-23(13-11-22)20-35-30(37)28-18-27(24-14-16-26(39-3)17-15-24)34-36(28)21-32(35,2)31(38)33-19-25-8-6-7-9-29(25)40-4/h6-18H,5,19-21H2,1-4H3,(H,33,38)/t32-/m0/s1. The van der Waals surface area contributed by atoms with Crippen molar-refractivity contribution in [2.45, 2.75) is 45.4 Å². The number of carbonyl (C=O) groups excluding carboxylic acids is 2. The molecule has 1 atom stereocenters. The van der Waals surface area contributed by atoms with Crippen molar-refractivity contribution in [1.82, 2.24) is 20.0 Å². The molecule has 5 rings (SSSR count). The zero-order chi connectivity index (χ0) is 28.3. The molecule has 0 fully saturated rings. The van der Waals surface area contributed by atoms with Crippen molar-refractivity contribution in [2.24, 2.45) is 0 Å². The zero-order valence-corrected chi connectivity index (χ0v) is 23.3. The number of fused-ring (bicyclic) bond motifs is 1. The molecule has 3 aromatic carbocycles. The molecule has 1 aliphatic heterocycles. The van der Waals surface area contributed by atoms with Gasteiger partial charge in [-0.1, -0.05) is 49.4 Å². The molecule has 1 aromatic heterocycles. The molecule has 0 saturated heterocycles. The Morgan fingerprint density at radius 2 is 1.68 bits per heavy atom. The minimum atomic E-state index is -1.18. The predicted octanol–water partition coefficient (Wildman–Crippen LogP) is 4.86. The van der Waals surface area contributed by atoms with Crippen LogP contribution in [0.1, 0.15) is 41.0 Å². The van der Waals surface area contributed by atoms with Gasteiger partial charge in [0.25, 0.3) is 5.91 Å². The first-order valence-corrected chi connectivity index (χ1v) is 13.4. The molecule has 2 amide bonds. The quantitative estimate of drug-likeness (QED) is 0.329. The average molecular weight is 539 g/mol. The van der Waals surface area contributed by atoms with Crippen molar-refractivity contribution in [3.05, 3.63) is 101 Å². The summed E-state index contributed by atoms with van der Waals surface area (Å²) in [6, 6.07) is 25.1. The largest absolute Gasteiger partial charge is 0.497 e. The zero-order valence-electron chi connectivity index (χ0n) is 23.3. The van der Waals surface area contributed by atoms with Crippen LogP contribution in [0, 0.1) is 0 Å². The number of benzene rings is 3. The van der Waals surface area contributed by atoms with Crippen molar-refractivity contribution in [2.75, 3.05) is 14.2 Å². The third kappa shape index (κ3) is 5.17. The fraction of sp³-hybridized carbons (Fsp3) is 0.281. The number of aromatic nitrogens is 2. The molecule has 4 aromatic rings. The highest BCUT2D eigenvalue weighted by molar-refractivity contribution is 6.00. The van der Waals surface area contributed by atoms with E-state index in [2.05, 4.69) is 24.4 Å². The lowest BCUT2D eigenvalue weighted by Gasteiger charge is -2.43. The van der Waals surface area contributed by atoms with Crippen molar-refractivity contribution < 1.29 is 19.1 Å². The molecule has 8 heteroatoms. The molecule has 206 valence electrons. The van der Waals surface area contributed by atoms with E-state index in [0.29, 0.717) is 23.7 Å². The molecule has 1 aliphatic rings. The first-order valence-electron chi connectivity index (χ1n) is 13.4. The van der Waals surface area contributed by atoms with Crippen molar-refractivity contribution in [3.63, 3.8) is 0 Å². The minimum Gasteiger partial charge on any atom is -0.497 e. The summed E-state index contributed by atoms with van der Waals surface area (Å²) in [6.07, 6.45) is 0.930. The molecule has 0 radical (unpaired) electrons. The lowest BCUT2D eigenvalue weighted by atomic mass is 9.93. The topological polar surface area (TPSA) is 85.7 Å². The molecule has 0 bridgehead atoms. The summed E-state index contributed by atoms with van der Waals surface area (Å²) in [6.45, 7) is 4.70. The van der Waals surface area contributed by atoms with Gasteiger partial charge >= 0.3 is 0 Å². The van der Waals surface area contributed by atoms with Gasteiger partial charge in [0.1, 0.15) is 22.7 Å². The van der Waals surface area contributed by atoms with E-state index in [-0.39, 0.29) is 24.9 Å². The van der Waals surface area contributed by atoms with Gasteiger partial charge in [0.15, 0.2) is 0 Å². The third-order valence-corrected chi connectivity index (χ3v) is 7.58. The number of ether oxygens (including phenoxy) is 2. The molecule has 40 heavy (non-hydrogen) atoms. The number of methoxy groups -OCH3 is 2. The Hall–Kier alpha value is -4.59. The van der Waals surface area contributed by atoms with Crippen LogP contribution in [0.15, 0.2) is 78.9 Å². The molecule has 1 N–H and O–H groups in total. The van der Waals surface area contributed by atoms with Gasteiger partial charge in [0.2, 0.25) is 5.91 Å². The van der Waals surface area contributed by atoms with Gasteiger partial charge in [-0.2, -0.15) is 5.10 Å². The maximum atomic E-state index is 14.0. The van der Waals surface area contributed by atoms with Crippen molar-refractivity contribution >= 4 is 11.8 Å². The molecular weight excluding hydrogens is 504 g/mol. The van der Waals surface area contributed by atoms with Crippen LogP contribution in [0.25, 0.3) is 11.3 Å². The second-order valence-corrected chi connectivity index (χ2v) is 10.1. The van der Waals surface area contributed by atoms with Crippen molar-refractivity contribution in [1.29, 1.82) is 0 Å². The first kappa shape index (κ1) is 27.0. The van der Waals surface area contributed by atoms with E-state index < -0.39 is 5.54 Å². The monoisotopic (exact) mass is 538 g/mol. The maximum Gasteiger partial charge on any atom is 0.273 e. The van der Waals surface area contributed by atoms with Crippen LogP contribution < -0.4 is 14.8 Å². The predicted molar refractivity (Wildman–Crippen MR) is 153 cm³/mol. The Balaban J connectivity index is 1.48. The summed E-state index contributed by atoms with van der Waals surface area (Å²) >= 11 is 0. The molecule has 0 saturated carbocycles. The lowest BCUT2D eigenvalue weighted by Crippen LogP contribution is -2.63. The highest BCUT2D eigenvalue weighted by Gasteiger charge is 2.48. The first-order chi connectivity index (χ1) is 19.4. The van der Waals surface area contributed by atoms with Crippen LogP contribution in [0.4, 0.5) is 0 Å². The summed E-state index contributed by atoms with van der Waals surface area (Å²) in [5.74, 6) is 0.930. The average Bonchev–Trinajstić information content (AvgIpc) is 3.42. The number of hydrogen-bond acceptors (Lipinski definition) is 5. The Morgan fingerprint density at radius 1 is 0.975 bits per heavy atom. The molecule has 0 spiro atoms. The fourth-order valence-electron chi connectivity index (χ4n) is 5.07. The number of hydrogen-bond donors (Lipinski definition) is 1. The SMILES string of the molecule is CCc1ccc(CN2C(=O)c3cc(-c4ccc(OC)cc4)nn3C[C@@]2(C)C(=O)NCc2ccccc2OC)cc1. The van der Waals surface area contributed by atoms with E-state index in [9.17, 15) is 9.59 Å². The lowest BCUT2D eigenvalue weighted by molar-refractivity contribution is -0.133. The fourth-order valence-corrected chi connectivity index (χ4v) is 5.07. The van der Waals surface area contributed by atoms with Gasteiger partial charge in [-0.05, 0) is 60.9 Å². The highest BCUT2D eigenvalue weighted by Crippen LogP contribution is 2.32. The van der Waals surface area contributed by atoms with Gasteiger partial charge in [0, 0.05) is 24.2 Å². The van der Waals surface area contributed by atoms with Gasteiger partial charge in [-0.15, -0.1) is 0 Å². The number of rotatable bonds is 9. The van der Waals surface area contributed by atoms with E-state index in [1.165, 1.54) is 5.56 Å². The number of amides is 2. The summed E-state index contributed by atoms with van der Waals surface area (Å²) in [4.78, 5) is 29.6. The molecule has 2 heterocycles. The number of aryl methyl sites for hydroxylation is 1. The molecule has 0 aliphatic carbocycles. The maximum absolute atomic E-state index is 14.0. The Kier molecular flexibility index (Phi) is 7.60. The Bertz CT molecular complexity index is 1510. The molecular formula is C32H34N4O4. The second kappa shape index (κ2) is 11.3. The smallest absolute Gasteiger partial charge is 0.273 e. The van der Waals surface area contributed by atoms with Gasteiger partial charge < -0.3 is 19.7 Å². The van der Waals surface area contributed by atoms with Crippen LogP contribution in [-0.4, -0.2) is 46.3 Å². The third-order valence-electron chi connectivity index (χ3n) is 7.58. The number of nitrogens with zero attached hydrogens (tertiary/aromatic N) is 3. The summed E-state index contributed by atoms with van der Waals surface area (Å²) < 4.78 is 12.4. The number of nitrogens with one attached hydrogen (secondary N) is 1. The number of para-hydroxylation sites is 1. The normalized spacial score (nSPS) is 16.4.